The number of fused-ring (bicyclic) bond motifs is 1. The maximum Gasteiger partial charge on any atom is 0.244 e. The van der Waals surface area contributed by atoms with Gasteiger partial charge in [-0.15, -0.1) is 0 Å². The van der Waals surface area contributed by atoms with Gasteiger partial charge >= 0.3 is 0 Å². The summed E-state index contributed by atoms with van der Waals surface area (Å²) in [6, 6.07) is 14.6. The number of hydrogen-bond donors (Lipinski definition) is 0. The molecule has 0 atom stereocenters. The number of amides is 1. The molecule has 1 aromatic heterocycles. The minimum Gasteiger partial charge on any atom is -0.338 e. The van der Waals surface area contributed by atoms with Crippen LogP contribution in [0.25, 0.3) is 10.8 Å². The molecule has 2 heterocycles. The smallest absolute Gasteiger partial charge is 0.244 e. The standard InChI is InChI=1S/C19H20N4O3S/c24-19(15-22-9-3-8-20-22)21-10-12-23(13-11-21)27(25,26)18-7-6-16-4-1-2-5-17(16)14-18/h1-9,14H,10-13,15H2. The van der Waals surface area contributed by atoms with Crippen LogP contribution in [0.4, 0.5) is 0 Å². The molecule has 1 amide bonds. The van der Waals surface area contributed by atoms with Gasteiger partial charge in [-0.05, 0) is 29.0 Å². The molecule has 0 saturated carbocycles. The zero-order valence-electron chi connectivity index (χ0n) is 14.7. The first-order chi connectivity index (χ1) is 13.0. The number of carbonyl (C=O) groups excluding carboxylic acids is 1. The highest BCUT2D eigenvalue weighted by Gasteiger charge is 2.30. The van der Waals surface area contributed by atoms with E-state index in [0.29, 0.717) is 26.2 Å². The first-order valence-corrected chi connectivity index (χ1v) is 10.2. The first-order valence-electron chi connectivity index (χ1n) is 8.78. The Morgan fingerprint density at radius 3 is 2.41 bits per heavy atom. The Bertz CT molecular complexity index is 1060. The number of hydrogen-bond acceptors (Lipinski definition) is 4. The molecule has 0 unspecified atom stereocenters. The summed E-state index contributed by atoms with van der Waals surface area (Å²) in [5.74, 6) is -0.0542. The number of aromatic nitrogens is 2. The van der Waals surface area contributed by atoms with E-state index >= 15 is 0 Å². The lowest BCUT2D eigenvalue weighted by Gasteiger charge is -2.34. The third-order valence-electron chi connectivity index (χ3n) is 4.81. The minimum absolute atomic E-state index is 0.0542. The van der Waals surface area contributed by atoms with Crippen LogP contribution in [0, 0.1) is 0 Å². The molecule has 0 radical (unpaired) electrons. The molecule has 140 valence electrons. The van der Waals surface area contributed by atoms with E-state index in [-0.39, 0.29) is 17.3 Å². The molecule has 7 nitrogen and oxygen atoms in total. The molecular formula is C19H20N4O3S. The summed E-state index contributed by atoms with van der Waals surface area (Å²) in [4.78, 5) is 14.3. The summed E-state index contributed by atoms with van der Waals surface area (Å²) in [7, 11) is -3.57. The van der Waals surface area contributed by atoms with Crippen LogP contribution in [-0.4, -0.2) is 59.5 Å². The molecule has 3 aromatic rings. The molecule has 1 aliphatic heterocycles. The number of piperazine rings is 1. The van der Waals surface area contributed by atoms with Gasteiger partial charge in [0.05, 0.1) is 4.90 Å². The van der Waals surface area contributed by atoms with E-state index in [9.17, 15) is 13.2 Å². The van der Waals surface area contributed by atoms with Gasteiger partial charge in [-0.25, -0.2) is 8.42 Å². The van der Waals surface area contributed by atoms with Crippen molar-refractivity contribution in [3.63, 3.8) is 0 Å². The molecule has 0 N–H and O–H groups in total. The number of sulfonamides is 1. The van der Waals surface area contributed by atoms with E-state index in [2.05, 4.69) is 5.10 Å². The molecule has 27 heavy (non-hydrogen) atoms. The van der Waals surface area contributed by atoms with Crippen molar-refractivity contribution in [2.75, 3.05) is 26.2 Å². The largest absolute Gasteiger partial charge is 0.338 e. The molecular weight excluding hydrogens is 364 g/mol. The lowest BCUT2D eigenvalue weighted by Crippen LogP contribution is -2.51. The SMILES string of the molecule is O=C(Cn1cccn1)N1CCN(S(=O)(=O)c2ccc3ccccc3c2)CC1. The lowest BCUT2D eigenvalue weighted by molar-refractivity contribution is -0.133. The van der Waals surface area contributed by atoms with Crippen molar-refractivity contribution >= 4 is 26.7 Å². The van der Waals surface area contributed by atoms with Crippen molar-refractivity contribution < 1.29 is 13.2 Å². The van der Waals surface area contributed by atoms with Crippen molar-refractivity contribution in [3.8, 4) is 0 Å². The number of rotatable bonds is 4. The maximum atomic E-state index is 13.0. The van der Waals surface area contributed by atoms with Crippen LogP contribution in [0.1, 0.15) is 0 Å². The van der Waals surface area contributed by atoms with E-state index < -0.39 is 10.0 Å². The molecule has 1 fully saturated rings. The predicted octanol–water partition coefficient (Wildman–Crippen LogP) is 1.57. The molecule has 0 aliphatic carbocycles. The molecule has 0 spiro atoms. The Morgan fingerprint density at radius 2 is 1.70 bits per heavy atom. The summed E-state index contributed by atoms with van der Waals surface area (Å²) in [6.07, 6.45) is 3.36. The van der Waals surface area contributed by atoms with Crippen molar-refractivity contribution in [3.05, 3.63) is 60.9 Å². The van der Waals surface area contributed by atoms with Gasteiger partial charge in [0.15, 0.2) is 0 Å². The van der Waals surface area contributed by atoms with Crippen molar-refractivity contribution in [2.45, 2.75) is 11.4 Å². The molecule has 1 saturated heterocycles. The van der Waals surface area contributed by atoms with E-state index in [1.165, 1.54) is 4.31 Å². The van der Waals surface area contributed by atoms with Gasteiger partial charge < -0.3 is 4.90 Å². The van der Waals surface area contributed by atoms with Crippen molar-refractivity contribution in [1.29, 1.82) is 0 Å². The van der Waals surface area contributed by atoms with Crippen LogP contribution in [0.5, 0.6) is 0 Å². The highest BCUT2D eigenvalue weighted by Crippen LogP contribution is 2.22. The Kier molecular flexibility index (Phi) is 4.67. The fraction of sp³-hybridized carbons (Fsp3) is 0.263. The molecule has 0 bridgehead atoms. The van der Waals surface area contributed by atoms with Gasteiger partial charge in [-0.3, -0.25) is 9.48 Å². The second kappa shape index (κ2) is 7.13. The maximum absolute atomic E-state index is 13.0. The van der Waals surface area contributed by atoms with Crippen LogP contribution in [0.3, 0.4) is 0 Å². The third-order valence-corrected chi connectivity index (χ3v) is 6.70. The van der Waals surface area contributed by atoms with Gasteiger partial charge in [0.2, 0.25) is 15.9 Å². The Hall–Kier alpha value is -2.71. The van der Waals surface area contributed by atoms with E-state index in [1.54, 1.807) is 40.2 Å². The van der Waals surface area contributed by atoms with E-state index in [0.717, 1.165) is 10.8 Å². The summed E-state index contributed by atoms with van der Waals surface area (Å²) in [5, 5.41) is 5.93. The van der Waals surface area contributed by atoms with Crippen LogP contribution < -0.4 is 0 Å². The zero-order valence-corrected chi connectivity index (χ0v) is 15.5. The monoisotopic (exact) mass is 384 g/mol. The fourth-order valence-electron chi connectivity index (χ4n) is 3.29. The van der Waals surface area contributed by atoms with E-state index in [1.807, 2.05) is 30.3 Å². The Balaban J connectivity index is 1.45. The van der Waals surface area contributed by atoms with E-state index in [4.69, 9.17) is 0 Å². The second-order valence-electron chi connectivity index (χ2n) is 6.50. The topological polar surface area (TPSA) is 75.5 Å². The second-order valence-corrected chi connectivity index (χ2v) is 8.44. The zero-order chi connectivity index (χ0) is 18.9. The highest BCUT2D eigenvalue weighted by molar-refractivity contribution is 7.89. The van der Waals surface area contributed by atoms with Gasteiger partial charge in [-0.1, -0.05) is 30.3 Å². The van der Waals surface area contributed by atoms with Crippen LogP contribution >= 0.6 is 0 Å². The van der Waals surface area contributed by atoms with Crippen molar-refractivity contribution in [2.24, 2.45) is 0 Å². The summed E-state index contributed by atoms with van der Waals surface area (Å²) in [6.45, 7) is 1.52. The Labute approximate surface area is 157 Å². The quantitative estimate of drug-likeness (QED) is 0.684. The number of nitrogens with zero attached hydrogens (tertiary/aromatic N) is 4. The van der Waals surface area contributed by atoms with Crippen molar-refractivity contribution in [1.82, 2.24) is 19.0 Å². The van der Waals surface area contributed by atoms with Gasteiger partial charge in [-0.2, -0.15) is 9.40 Å². The first kappa shape index (κ1) is 17.7. The highest BCUT2D eigenvalue weighted by atomic mass is 32.2. The normalized spacial score (nSPS) is 15.9. The number of benzene rings is 2. The molecule has 1 aliphatic rings. The summed E-state index contributed by atoms with van der Waals surface area (Å²) >= 11 is 0. The number of carbonyl (C=O) groups is 1. The predicted molar refractivity (Wildman–Crippen MR) is 102 cm³/mol. The molecule has 2 aromatic carbocycles. The van der Waals surface area contributed by atoms with Crippen LogP contribution in [0.15, 0.2) is 65.8 Å². The van der Waals surface area contributed by atoms with Crippen LogP contribution in [-0.2, 0) is 21.4 Å². The van der Waals surface area contributed by atoms with Gasteiger partial charge in [0.1, 0.15) is 6.54 Å². The molecule has 4 rings (SSSR count). The Morgan fingerprint density at radius 1 is 0.963 bits per heavy atom. The van der Waals surface area contributed by atoms with Crippen LogP contribution in [0.2, 0.25) is 0 Å². The third kappa shape index (κ3) is 3.58. The van der Waals surface area contributed by atoms with Gasteiger partial charge in [0.25, 0.3) is 0 Å². The molecule has 8 heteroatoms. The van der Waals surface area contributed by atoms with Gasteiger partial charge in [0, 0.05) is 38.6 Å². The summed E-state index contributed by atoms with van der Waals surface area (Å²) < 4.78 is 29.0. The average Bonchev–Trinajstić information content (AvgIpc) is 3.20. The average molecular weight is 384 g/mol. The summed E-state index contributed by atoms with van der Waals surface area (Å²) in [5.41, 5.74) is 0. The fourth-order valence-corrected chi connectivity index (χ4v) is 4.75. The lowest BCUT2D eigenvalue weighted by atomic mass is 10.1. The minimum atomic E-state index is -3.57.